The largest absolute Gasteiger partial charge is 0.478 e. The Labute approximate surface area is 121 Å². The highest BCUT2D eigenvalue weighted by Crippen LogP contribution is 2.09. The van der Waals surface area contributed by atoms with Crippen molar-refractivity contribution in [3.05, 3.63) is 47.0 Å². The minimum Gasteiger partial charge on any atom is -0.478 e. The van der Waals surface area contributed by atoms with Crippen LogP contribution in [0.25, 0.3) is 0 Å². The number of carboxylic acid groups (broad SMARTS) is 1. The van der Waals surface area contributed by atoms with Crippen LogP contribution < -0.4 is 5.32 Å². The molecule has 0 atom stereocenters. The number of hydrogen-bond acceptors (Lipinski definition) is 4. The number of amides is 1. The van der Waals surface area contributed by atoms with Crippen molar-refractivity contribution in [3.8, 4) is 0 Å². The Hall–Kier alpha value is -2.70. The van der Waals surface area contributed by atoms with Gasteiger partial charge in [-0.05, 0) is 18.6 Å². The van der Waals surface area contributed by atoms with Gasteiger partial charge in [-0.25, -0.2) is 4.79 Å². The number of carboxylic acids is 1. The molecule has 2 heterocycles. The standard InChI is InChI=1S/C14H16N4O3/c1-3-11-9(8-18(2)17-11)7-16-13(19)12-10(14(20)21)5-4-6-15-12/h4-6,8H,3,7H2,1-2H3,(H,16,19)(H,20,21). The minimum absolute atomic E-state index is 0.0908. The maximum atomic E-state index is 12.1. The van der Waals surface area contributed by atoms with E-state index in [9.17, 15) is 9.59 Å². The fourth-order valence-electron chi connectivity index (χ4n) is 2.05. The molecule has 1 amide bonds. The molecule has 0 bridgehead atoms. The number of aromatic carboxylic acids is 1. The van der Waals surface area contributed by atoms with Crippen molar-refractivity contribution in [1.82, 2.24) is 20.1 Å². The zero-order valence-corrected chi connectivity index (χ0v) is 11.8. The molecule has 2 rings (SSSR count). The van der Waals surface area contributed by atoms with Gasteiger partial charge in [-0.2, -0.15) is 5.10 Å². The normalized spacial score (nSPS) is 10.4. The fourth-order valence-corrected chi connectivity index (χ4v) is 2.05. The van der Waals surface area contributed by atoms with Crippen LogP contribution in [0.3, 0.4) is 0 Å². The first kappa shape index (κ1) is 14.7. The van der Waals surface area contributed by atoms with Gasteiger partial charge in [0.1, 0.15) is 5.69 Å². The monoisotopic (exact) mass is 288 g/mol. The summed E-state index contributed by atoms with van der Waals surface area (Å²) in [6, 6.07) is 2.84. The Balaban J connectivity index is 2.14. The first-order valence-electron chi connectivity index (χ1n) is 6.50. The molecule has 0 aliphatic rings. The molecule has 110 valence electrons. The average Bonchev–Trinajstić information content (AvgIpc) is 2.84. The number of rotatable bonds is 5. The third-order valence-corrected chi connectivity index (χ3v) is 3.02. The van der Waals surface area contributed by atoms with E-state index in [1.807, 2.05) is 20.2 Å². The highest BCUT2D eigenvalue weighted by Gasteiger charge is 2.17. The third kappa shape index (κ3) is 3.25. The molecule has 0 radical (unpaired) electrons. The van der Waals surface area contributed by atoms with E-state index < -0.39 is 11.9 Å². The van der Waals surface area contributed by atoms with Crippen molar-refractivity contribution in [2.45, 2.75) is 19.9 Å². The quantitative estimate of drug-likeness (QED) is 0.855. The molecule has 2 N–H and O–H groups in total. The molecule has 0 saturated heterocycles. The van der Waals surface area contributed by atoms with Crippen LogP contribution in [-0.4, -0.2) is 31.7 Å². The second-order valence-electron chi connectivity index (χ2n) is 4.52. The number of nitrogens with zero attached hydrogens (tertiary/aromatic N) is 3. The Bertz CT molecular complexity index is 679. The van der Waals surface area contributed by atoms with E-state index >= 15 is 0 Å². The van der Waals surface area contributed by atoms with E-state index in [2.05, 4.69) is 15.4 Å². The Morgan fingerprint density at radius 1 is 1.43 bits per heavy atom. The van der Waals surface area contributed by atoms with Crippen molar-refractivity contribution >= 4 is 11.9 Å². The second-order valence-corrected chi connectivity index (χ2v) is 4.52. The van der Waals surface area contributed by atoms with E-state index in [0.29, 0.717) is 0 Å². The zero-order valence-electron chi connectivity index (χ0n) is 11.8. The maximum Gasteiger partial charge on any atom is 0.338 e. The van der Waals surface area contributed by atoms with E-state index in [4.69, 9.17) is 5.11 Å². The van der Waals surface area contributed by atoms with E-state index in [1.54, 1.807) is 4.68 Å². The number of nitrogens with one attached hydrogen (secondary N) is 1. The van der Waals surface area contributed by atoms with Crippen LogP contribution in [0.2, 0.25) is 0 Å². The summed E-state index contributed by atoms with van der Waals surface area (Å²) >= 11 is 0. The average molecular weight is 288 g/mol. The van der Waals surface area contributed by atoms with Crippen molar-refractivity contribution in [1.29, 1.82) is 0 Å². The molecule has 7 nitrogen and oxygen atoms in total. The van der Waals surface area contributed by atoms with Gasteiger partial charge >= 0.3 is 5.97 Å². The molecular formula is C14H16N4O3. The van der Waals surface area contributed by atoms with E-state index in [0.717, 1.165) is 17.7 Å². The zero-order chi connectivity index (χ0) is 15.4. The number of carbonyl (C=O) groups is 2. The molecule has 2 aromatic heterocycles. The fraction of sp³-hybridized carbons (Fsp3) is 0.286. The Morgan fingerprint density at radius 3 is 2.86 bits per heavy atom. The van der Waals surface area contributed by atoms with Gasteiger partial charge < -0.3 is 10.4 Å². The van der Waals surface area contributed by atoms with E-state index in [-0.39, 0.29) is 17.8 Å². The van der Waals surface area contributed by atoms with Crippen molar-refractivity contribution < 1.29 is 14.7 Å². The topological polar surface area (TPSA) is 97.1 Å². The van der Waals surface area contributed by atoms with Crippen LogP contribution in [0.4, 0.5) is 0 Å². The number of carbonyl (C=O) groups excluding carboxylic acids is 1. The van der Waals surface area contributed by atoms with Gasteiger partial charge in [0, 0.05) is 31.5 Å². The van der Waals surface area contributed by atoms with Gasteiger partial charge in [0.25, 0.3) is 5.91 Å². The van der Waals surface area contributed by atoms with Gasteiger partial charge in [-0.1, -0.05) is 6.92 Å². The Morgan fingerprint density at radius 2 is 2.19 bits per heavy atom. The smallest absolute Gasteiger partial charge is 0.338 e. The van der Waals surface area contributed by atoms with Gasteiger partial charge in [0.2, 0.25) is 0 Å². The summed E-state index contributed by atoms with van der Waals surface area (Å²) in [4.78, 5) is 27.0. The molecule has 21 heavy (non-hydrogen) atoms. The lowest BCUT2D eigenvalue weighted by Gasteiger charge is -2.06. The summed E-state index contributed by atoms with van der Waals surface area (Å²) in [5, 5.41) is 16.0. The lowest BCUT2D eigenvalue weighted by molar-refractivity contribution is 0.0690. The van der Waals surface area contributed by atoms with Crippen LogP contribution in [0.15, 0.2) is 24.5 Å². The molecule has 0 aromatic carbocycles. The molecule has 0 fully saturated rings. The van der Waals surface area contributed by atoms with Crippen LogP contribution in [0, 0.1) is 0 Å². The molecule has 0 spiro atoms. The number of aromatic nitrogens is 3. The van der Waals surface area contributed by atoms with Crippen LogP contribution in [0.5, 0.6) is 0 Å². The van der Waals surface area contributed by atoms with Gasteiger partial charge in [-0.3, -0.25) is 14.5 Å². The van der Waals surface area contributed by atoms with Crippen molar-refractivity contribution in [2.24, 2.45) is 7.05 Å². The van der Waals surface area contributed by atoms with Crippen LogP contribution in [0.1, 0.15) is 39.0 Å². The molecule has 7 heteroatoms. The highest BCUT2D eigenvalue weighted by atomic mass is 16.4. The minimum atomic E-state index is -1.18. The van der Waals surface area contributed by atoms with Crippen LogP contribution in [-0.2, 0) is 20.0 Å². The molecule has 2 aromatic rings. The third-order valence-electron chi connectivity index (χ3n) is 3.02. The van der Waals surface area contributed by atoms with Gasteiger partial charge in [0.05, 0.1) is 11.3 Å². The number of aryl methyl sites for hydroxylation is 2. The Kier molecular flexibility index (Phi) is 4.32. The molecule has 0 unspecified atom stereocenters. The maximum absolute atomic E-state index is 12.1. The number of hydrogen-bond donors (Lipinski definition) is 2. The molecule has 0 aliphatic heterocycles. The first-order valence-corrected chi connectivity index (χ1v) is 6.50. The van der Waals surface area contributed by atoms with Crippen molar-refractivity contribution in [2.75, 3.05) is 0 Å². The van der Waals surface area contributed by atoms with Gasteiger partial charge in [0.15, 0.2) is 0 Å². The lowest BCUT2D eigenvalue weighted by atomic mass is 10.1. The molecule has 0 saturated carbocycles. The lowest BCUT2D eigenvalue weighted by Crippen LogP contribution is -2.26. The van der Waals surface area contributed by atoms with Crippen molar-refractivity contribution in [3.63, 3.8) is 0 Å². The van der Waals surface area contributed by atoms with Gasteiger partial charge in [-0.15, -0.1) is 0 Å². The summed E-state index contributed by atoms with van der Waals surface area (Å²) < 4.78 is 1.68. The summed E-state index contributed by atoms with van der Waals surface area (Å²) in [6.45, 7) is 2.26. The van der Waals surface area contributed by atoms with E-state index in [1.165, 1.54) is 18.3 Å². The number of pyridine rings is 1. The molecular weight excluding hydrogens is 272 g/mol. The summed E-state index contributed by atoms with van der Waals surface area (Å²) in [5.41, 5.74) is 1.60. The first-order chi connectivity index (χ1) is 10.0. The predicted molar refractivity (Wildman–Crippen MR) is 75.0 cm³/mol. The molecule has 0 aliphatic carbocycles. The summed E-state index contributed by atoms with van der Waals surface area (Å²) in [6.07, 6.45) is 3.98. The summed E-state index contributed by atoms with van der Waals surface area (Å²) in [7, 11) is 1.81. The highest BCUT2D eigenvalue weighted by molar-refractivity contribution is 6.03. The predicted octanol–water partition coefficient (Wildman–Crippen LogP) is 1.01. The van der Waals surface area contributed by atoms with Crippen LogP contribution >= 0.6 is 0 Å². The SMILES string of the molecule is CCc1nn(C)cc1CNC(=O)c1ncccc1C(=O)O. The summed E-state index contributed by atoms with van der Waals surface area (Å²) in [5.74, 6) is -1.69. The second kappa shape index (κ2) is 6.17.